The summed E-state index contributed by atoms with van der Waals surface area (Å²) < 4.78 is 2.17. The van der Waals surface area contributed by atoms with Gasteiger partial charge in [0.1, 0.15) is 5.82 Å². The first kappa shape index (κ1) is 14.3. The molecule has 1 aliphatic carbocycles. The monoisotopic (exact) mass is 287 g/mol. The van der Waals surface area contributed by atoms with Crippen LogP contribution in [-0.4, -0.2) is 26.3 Å². The zero-order chi connectivity index (χ0) is 14.5. The molecule has 1 atom stereocenters. The first-order chi connectivity index (χ1) is 10.4. The van der Waals surface area contributed by atoms with Gasteiger partial charge in [0, 0.05) is 25.0 Å². The lowest BCUT2D eigenvalue weighted by molar-refractivity contribution is 0.453. The van der Waals surface area contributed by atoms with Gasteiger partial charge in [-0.05, 0) is 31.9 Å². The van der Waals surface area contributed by atoms with Crippen LogP contribution in [0.3, 0.4) is 0 Å². The number of nitrogens with one attached hydrogen (secondary N) is 2. The van der Waals surface area contributed by atoms with Crippen LogP contribution in [0.2, 0.25) is 0 Å². The average Bonchev–Trinajstić information content (AvgIpc) is 3.24. The lowest BCUT2D eigenvalue weighted by Gasteiger charge is -2.15. The SMILES string of the molecule is CCCNC(Cc1ccn(C2CCCC2)n1)c1ncc[nH]1. The number of aromatic amines is 1. The van der Waals surface area contributed by atoms with Gasteiger partial charge in [-0.3, -0.25) is 4.68 Å². The van der Waals surface area contributed by atoms with Gasteiger partial charge in [-0.25, -0.2) is 4.98 Å². The topological polar surface area (TPSA) is 58.5 Å². The molecule has 2 aromatic heterocycles. The minimum atomic E-state index is 0.215. The Balaban J connectivity index is 1.67. The summed E-state index contributed by atoms with van der Waals surface area (Å²) in [7, 11) is 0. The Morgan fingerprint density at radius 2 is 2.29 bits per heavy atom. The molecule has 21 heavy (non-hydrogen) atoms. The van der Waals surface area contributed by atoms with E-state index in [1.165, 1.54) is 25.7 Å². The van der Waals surface area contributed by atoms with Crippen LogP contribution in [0.4, 0.5) is 0 Å². The average molecular weight is 287 g/mol. The van der Waals surface area contributed by atoms with Crippen molar-refractivity contribution in [3.05, 3.63) is 36.2 Å². The molecule has 0 radical (unpaired) electrons. The zero-order valence-corrected chi connectivity index (χ0v) is 12.8. The molecule has 5 heteroatoms. The molecule has 1 unspecified atom stereocenters. The van der Waals surface area contributed by atoms with Crippen molar-refractivity contribution < 1.29 is 0 Å². The van der Waals surface area contributed by atoms with Gasteiger partial charge in [0.15, 0.2) is 0 Å². The third-order valence-corrected chi connectivity index (χ3v) is 4.27. The molecule has 0 aliphatic heterocycles. The third kappa shape index (κ3) is 3.53. The third-order valence-electron chi connectivity index (χ3n) is 4.27. The quantitative estimate of drug-likeness (QED) is 0.823. The number of hydrogen-bond donors (Lipinski definition) is 2. The van der Waals surface area contributed by atoms with Gasteiger partial charge < -0.3 is 10.3 Å². The summed E-state index contributed by atoms with van der Waals surface area (Å²) in [5.74, 6) is 0.999. The largest absolute Gasteiger partial charge is 0.347 e. The molecule has 5 nitrogen and oxygen atoms in total. The summed E-state index contributed by atoms with van der Waals surface area (Å²) in [6.45, 7) is 3.18. The van der Waals surface area contributed by atoms with E-state index in [-0.39, 0.29) is 6.04 Å². The second-order valence-electron chi connectivity index (χ2n) is 5.91. The summed E-state index contributed by atoms with van der Waals surface area (Å²) in [5.41, 5.74) is 1.15. The molecule has 1 aliphatic rings. The van der Waals surface area contributed by atoms with Crippen LogP contribution in [-0.2, 0) is 6.42 Å². The van der Waals surface area contributed by atoms with E-state index in [1.54, 1.807) is 0 Å². The number of H-pyrrole nitrogens is 1. The van der Waals surface area contributed by atoms with Crippen molar-refractivity contribution in [3.8, 4) is 0 Å². The summed E-state index contributed by atoms with van der Waals surface area (Å²) in [6.07, 6.45) is 13.1. The van der Waals surface area contributed by atoms with E-state index in [1.807, 2.05) is 12.4 Å². The molecule has 0 amide bonds. The molecule has 1 saturated carbocycles. The van der Waals surface area contributed by atoms with Gasteiger partial charge in [0.05, 0.1) is 17.8 Å². The zero-order valence-electron chi connectivity index (χ0n) is 12.8. The number of aromatic nitrogens is 4. The van der Waals surface area contributed by atoms with Crippen molar-refractivity contribution in [3.63, 3.8) is 0 Å². The number of hydrogen-bond acceptors (Lipinski definition) is 3. The van der Waals surface area contributed by atoms with Crippen LogP contribution in [0.1, 0.15) is 62.6 Å². The standard InChI is InChI=1S/C16H25N5/c1-2-8-17-15(16-18-9-10-19-16)12-13-7-11-21(20-13)14-5-3-4-6-14/h7,9-11,14-15,17H,2-6,8,12H2,1H3,(H,18,19). The van der Waals surface area contributed by atoms with E-state index in [0.717, 1.165) is 30.9 Å². The number of nitrogens with zero attached hydrogens (tertiary/aromatic N) is 3. The number of imidazole rings is 1. The van der Waals surface area contributed by atoms with Gasteiger partial charge in [-0.15, -0.1) is 0 Å². The highest BCUT2D eigenvalue weighted by molar-refractivity contribution is 5.07. The second-order valence-corrected chi connectivity index (χ2v) is 5.91. The fourth-order valence-electron chi connectivity index (χ4n) is 3.12. The molecule has 2 N–H and O–H groups in total. The highest BCUT2D eigenvalue weighted by Crippen LogP contribution is 2.29. The van der Waals surface area contributed by atoms with Crippen LogP contribution in [0.15, 0.2) is 24.7 Å². The molecular weight excluding hydrogens is 262 g/mol. The maximum absolute atomic E-state index is 4.79. The predicted octanol–water partition coefficient (Wildman–Crippen LogP) is 3.00. The fourth-order valence-corrected chi connectivity index (χ4v) is 3.12. The molecule has 114 valence electrons. The van der Waals surface area contributed by atoms with E-state index in [2.05, 4.69) is 39.2 Å². The molecule has 0 saturated heterocycles. The predicted molar refractivity (Wildman–Crippen MR) is 83.1 cm³/mol. The van der Waals surface area contributed by atoms with Crippen molar-refractivity contribution in [1.29, 1.82) is 0 Å². The molecule has 2 heterocycles. The first-order valence-corrected chi connectivity index (χ1v) is 8.13. The lowest BCUT2D eigenvalue weighted by Crippen LogP contribution is -2.25. The molecule has 0 bridgehead atoms. The smallest absolute Gasteiger partial charge is 0.123 e. The lowest BCUT2D eigenvalue weighted by atomic mass is 10.1. The summed E-state index contributed by atoms with van der Waals surface area (Å²) in [5, 5.41) is 8.34. The Kier molecular flexibility index (Phi) is 4.70. The highest BCUT2D eigenvalue weighted by atomic mass is 15.3. The summed E-state index contributed by atoms with van der Waals surface area (Å²) in [4.78, 5) is 7.62. The van der Waals surface area contributed by atoms with Gasteiger partial charge in [-0.1, -0.05) is 19.8 Å². The van der Waals surface area contributed by atoms with Crippen molar-refractivity contribution in [2.24, 2.45) is 0 Å². The summed E-state index contributed by atoms with van der Waals surface area (Å²) in [6, 6.07) is 2.98. The van der Waals surface area contributed by atoms with Crippen LogP contribution in [0, 0.1) is 0 Å². The van der Waals surface area contributed by atoms with E-state index < -0.39 is 0 Å². The van der Waals surface area contributed by atoms with Crippen LogP contribution in [0.5, 0.6) is 0 Å². The highest BCUT2D eigenvalue weighted by Gasteiger charge is 2.19. The fraction of sp³-hybridized carbons (Fsp3) is 0.625. The van der Waals surface area contributed by atoms with E-state index in [4.69, 9.17) is 5.10 Å². The van der Waals surface area contributed by atoms with Crippen LogP contribution < -0.4 is 5.32 Å². The van der Waals surface area contributed by atoms with Gasteiger partial charge in [0.25, 0.3) is 0 Å². The Morgan fingerprint density at radius 3 is 3.00 bits per heavy atom. The van der Waals surface area contributed by atoms with Crippen molar-refractivity contribution >= 4 is 0 Å². The minimum absolute atomic E-state index is 0.215. The molecule has 0 spiro atoms. The van der Waals surface area contributed by atoms with E-state index in [9.17, 15) is 0 Å². The minimum Gasteiger partial charge on any atom is -0.347 e. The Bertz CT molecular complexity index is 525. The van der Waals surface area contributed by atoms with Gasteiger partial charge in [-0.2, -0.15) is 5.10 Å². The van der Waals surface area contributed by atoms with E-state index >= 15 is 0 Å². The maximum Gasteiger partial charge on any atom is 0.123 e. The second kappa shape index (κ2) is 6.89. The Morgan fingerprint density at radius 1 is 1.43 bits per heavy atom. The van der Waals surface area contributed by atoms with E-state index in [0.29, 0.717) is 6.04 Å². The molecule has 1 fully saturated rings. The van der Waals surface area contributed by atoms with Crippen LogP contribution >= 0.6 is 0 Å². The normalized spacial score (nSPS) is 17.4. The molecule has 0 aromatic carbocycles. The summed E-state index contributed by atoms with van der Waals surface area (Å²) >= 11 is 0. The van der Waals surface area contributed by atoms with Crippen molar-refractivity contribution in [1.82, 2.24) is 25.1 Å². The Labute approximate surface area is 126 Å². The number of rotatable bonds is 7. The Hall–Kier alpha value is -1.62. The maximum atomic E-state index is 4.79. The first-order valence-electron chi connectivity index (χ1n) is 8.13. The van der Waals surface area contributed by atoms with Crippen LogP contribution in [0.25, 0.3) is 0 Å². The van der Waals surface area contributed by atoms with Gasteiger partial charge >= 0.3 is 0 Å². The van der Waals surface area contributed by atoms with Gasteiger partial charge in [0.2, 0.25) is 0 Å². The van der Waals surface area contributed by atoms with Crippen molar-refractivity contribution in [2.45, 2.75) is 57.5 Å². The molecule has 3 rings (SSSR count). The van der Waals surface area contributed by atoms with Crippen molar-refractivity contribution in [2.75, 3.05) is 6.54 Å². The molecular formula is C16H25N5. The molecule has 2 aromatic rings.